The van der Waals surface area contributed by atoms with E-state index in [1.165, 1.54) is 19.0 Å². The summed E-state index contributed by atoms with van der Waals surface area (Å²) < 4.78 is 6.40. The van der Waals surface area contributed by atoms with Crippen LogP contribution in [0.15, 0.2) is 11.0 Å². The molecule has 2 aromatic heterocycles. The van der Waals surface area contributed by atoms with Crippen molar-refractivity contribution in [3.8, 4) is 0 Å². The van der Waals surface area contributed by atoms with Crippen LogP contribution in [0.5, 0.6) is 0 Å². The van der Waals surface area contributed by atoms with Crippen molar-refractivity contribution < 1.29 is 4.74 Å². The number of rotatable bonds is 1. The molecule has 7 heteroatoms. The number of H-pyrrole nitrogens is 2. The molecule has 1 saturated carbocycles. The lowest BCUT2D eigenvalue weighted by Crippen LogP contribution is -2.59. The molecule has 118 valence electrons. The number of anilines is 1. The minimum atomic E-state index is -0.260. The quantitative estimate of drug-likeness (QED) is 0.835. The van der Waals surface area contributed by atoms with E-state index in [4.69, 9.17) is 4.74 Å². The van der Waals surface area contributed by atoms with Gasteiger partial charge in [-0.1, -0.05) is 12.8 Å². The standard InChI is InChI=1S/C15H21N5O2/c1-14(2)8-20(9-15(22-14)5-3-4-6-15)13-17-11-10(7-16-19-11)12(21)18-13/h7H,3-6,8-9H2,1-2H3,(H2,16,17,18,19,21). The summed E-state index contributed by atoms with van der Waals surface area (Å²) in [6.07, 6.45) is 6.06. The molecule has 1 aliphatic carbocycles. The number of aromatic nitrogens is 4. The predicted octanol–water partition coefficient (Wildman–Crippen LogP) is 1.57. The van der Waals surface area contributed by atoms with Crippen molar-refractivity contribution >= 4 is 17.0 Å². The summed E-state index contributed by atoms with van der Waals surface area (Å²) in [5.74, 6) is 0.601. The van der Waals surface area contributed by atoms with E-state index in [2.05, 4.69) is 38.9 Å². The molecule has 2 N–H and O–H groups in total. The van der Waals surface area contributed by atoms with Crippen LogP contribution in [0.1, 0.15) is 39.5 Å². The SMILES string of the molecule is CC1(C)CN(c2nc3[nH]ncc3c(=O)[nH]2)CC2(CCCC2)O1. The fourth-order valence-corrected chi connectivity index (χ4v) is 3.93. The lowest BCUT2D eigenvalue weighted by atomic mass is 9.94. The molecule has 0 radical (unpaired) electrons. The molecule has 22 heavy (non-hydrogen) atoms. The summed E-state index contributed by atoms with van der Waals surface area (Å²) in [6, 6.07) is 0. The molecule has 3 heterocycles. The molecule has 0 amide bonds. The van der Waals surface area contributed by atoms with Crippen LogP contribution in [0.4, 0.5) is 5.95 Å². The second kappa shape index (κ2) is 4.55. The van der Waals surface area contributed by atoms with Gasteiger partial charge in [-0.3, -0.25) is 14.9 Å². The Kier molecular flexibility index (Phi) is 2.84. The Morgan fingerprint density at radius 2 is 2.05 bits per heavy atom. The number of fused-ring (bicyclic) bond motifs is 1. The van der Waals surface area contributed by atoms with Crippen molar-refractivity contribution in [2.45, 2.75) is 50.7 Å². The number of morpholine rings is 1. The van der Waals surface area contributed by atoms with Gasteiger partial charge in [-0.05, 0) is 26.7 Å². The monoisotopic (exact) mass is 303 g/mol. The molecule has 0 unspecified atom stereocenters. The van der Waals surface area contributed by atoms with Crippen molar-refractivity contribution in [1.29, 1.82) is 0 Å². The van der Waals surface area contributed by atoms with E-state index in [1.807, 2.05) is 0 Å². The van der Waals surface area contributed by atoms with Crippen LogP contribution in [0, 0.1) is 0 Å². The minimum absolute atomic E-state index is 0.108. The Hall–Kier alpha value is -1.89. The Morgan fingerprint density at radius 3 is 2.82 bits per heavy atom. The van der Waals surface area contributed by atoms with Gasteiger partial charge in [0.15, 0.2) is 5.65 Å². The molecule has 1 spiro atoms. The van der Waals surface area contributed by atoms with Gasteiger partial charge in [-0.15, -0.1) is 0 Å². The minimum Gasteiger partial charge on any atom is -0.365 e. The molecule has 2 aliphatic rings. The molecule has 2 fully saturated rings. The van der Waals surface area contributed by atoms with E-state index >= 15 is 0 Å². The van der Waals surface area contributed by atoms with Crippen molar-refractivity contribution in [2.75, 3.05) is 18.0 Å². The summed E-state index contributed by atoms with van der Waals surface area (Å²) in [5.41, 5.74) is 0.00919. The smallest absolute Gasteiger partial charge is 0.263 e. The highest BCUT2D eigenvalue weighted by Gasteiger charge is 2.46. The Labute approximate surface area is 128 Å². The molecule has 7 nitrogen and oxygen atoms in total. The average Bonchev–Trinajstić information content (AvgIpc) is 3.06. The van der Waals surface area contributed by atoms with Gasteiger partial charge in [0, 0.05) is 13.1 Å². The average molecular weight is 303 g/mol. The van der Waals surface area contributed by atoms with Crippen LogP contribution in [0.3, 0.4) is 0 Å². The lowest BCUT2D eigenvalue weighted by Gasteiger charge is -2.48. The topological polar surface area (TPSA) is 86.9 Å². The number of nitrogens with zero attached hydrogens (tertiary/aromatic N) is 3. The third-order valence-electron chi connectivity index (χ3n) is 4.66. The van der Waals surface area contributed by atoms with Crippen molar-refractivity contribution in [1.82, 2.24) is 20.2 Å². The number of nitrogens with one attached hydrogen (secondary N) is 2. The van der Waals surface area contributed by atoms with Crippen molar-refractivity contribution in [2.24, 2.45) is 0 Å². The molecule has 2 aromatic rings. The maximum atomic E-state index is 12.2. The summed E-state index contributed by atoms with van der Waals surface area (Å²) in [7, 11) is 0. The van der Waals surface area contributed by atoms with Gasteiger partial charge in [0.1, 0.15) is 5.39 Å². The van der Waals surface area contributed by atoms with Crippen LogP contribution in [0.25, 0.3) is 11.0 Å². The molecule has 1 saturated heterocycles. The zero-order chi connectivity index (χ0) is 15.4. The Bertz CT molecular complexity index is 757. The fourth-order valence-electron chi connectivity index (χ4n) is 3.93. The molecule has 0 atom stereocenters. The van der Waals surface area contributed by atoms with Gasteiger partial charge < -0.3 is 9.64 Å². The maximum Gasteiger partial charge on any atom is 0.263 e. The second-order valence-corrected chi connectivity index (χ2v) is 7.13. The normalized spacial score (nSPS) is 23.5. The van der Waals surface area contributed by atoms with E-state index in [0.717, 1.165) is 19.4 Å². The van der Waals surface area contributed by atoms with Gasteiger partial charge in [0.2, 0.25) is 5.95 Å². The largest absolute Gasteiger partial charge is 0.365 e. The molecular formula is C15H21N5O2. The molecule has 1 aliphatic heterocycles. The van der Waals surface area contributed by atoms with E-state index < -0.39 is 0 Å². The highest BCUT2D eigenvalue weighted by molar-refractivity contribution is 5.73. The lowest BCUT2D eigenvalue weighted by molar-refractivity contribution is -0.148. The van der Waals surface area contributed by atoms with Gasteiger partial charge in [-0.2, -0.15) is 10.1 Å². The van der Waals surface area contributed by atoms with Crippen LogP contribution < -0.4 is 10.5 Å². The molecule has 0 aromatic carbocycles. The first-order valence-corrected chi connectivity index (χ1v) is 7.85. The van der Waals surface area contributed by atoms with Crippen LogP contribution in [-0.4, -0.2) is 44.5 Å². The first-order chi connectivity index (χ1) is 10.5. The maximum absolute atomic E-state index is 12.2. The molecule has 4 rings (SSSR count). The van der Waals surface area contributed by atoms with E-state index in [9.17, 15) is 4.79 Å². The van der Waals surface area contributed by atoms with Gasteiger partial charge >= 0.3 is 0 Å². The number of ether oxygens (including phenoxy) is 1. The summed E-state index contributed by atoms with van der Waals surface area (Å²) in [6.45, 7) is 5.69. The summed E-state index contributed by atoms with van der Waals surface area (Å²) in [5, 5.41) is 7.17. The van der Waals surface area contributed by atoms with E-state index in [-0.39, 0.29) is 16.8 Å². The van der Waals surface area contributed by atoms with E-state index in [0.29, 0.717) is 23.5 Å². The first kappa shape index (κ1) is 13.8. The Balaban J connectivity index is 1.74. The van der Waals surface area contributed by atoms with Gasteiger partial charge in [-0.25, -0.2) is 0 Å². The van der Waals surface area contributed by atoms with Gasteiger partial charge in [0.05, 0.1) is 17.4 Å². The second-order valence-electron chi connectivity index (χ2n) is 7.13. The highest BCUT2D eigenvalue weighted by atomic mass is 16.5. The number of hydrogen-bond acceptors (Lipinski definition) is 5. The molecular weight excluding hydrogens is 282 g/mol. The predicted molar refractivity (Wildman–Crippen MR) is 83.1 cm³/mol. The van der Waals surface area contributed by atoms with Crippen LogP contribution in [0.2, 0.25) is 0 Å². The fraction of sp³-hybridized carbons (Fsp3) is 0.667. The van der Waals surface area contributed by atoms with Gasteiger partial charge in [0.25, 0.3) is 5.56 Å². The third kappa shape index (κ3) is 2.20. The Morgan fingerprint density at radius 1 is 1.27 bits per heavy atom. The third-order valence-corrected chi connectivity index (χ3v) is 4.66. The zero-order valence-electron chi connectivity index (χ0n) is 13.0. The first-order valence-electron chi connectivity index (χ1n) is 7.85. The van der Waals surface area contributed by atoms with Crippen LogP contribution in [-0.2, 0) is 4.74 Å². The number of aromatic amines is 2. The van der Waals surface area contributed by atoms with E-state index in [1.54, 1.807) is 0 Å². The van der Waals surface area contributed by atoms with Crippen LogP contribution >= 0.6 is 0 Å². The van der Waals surface area contributed by atoms with Crippen molar-refractivity contribution in [3.63, 3.8) is 0 Å². The summed E-state index contributed by atoms with van der Waals surface area (Å²) >= 11 is 0. The highest BCUT2D eigenvalue weighted by Crippen LogP contribution is 2.41. The number of hydrogen-bond donors (Lipinski definition) is 2. The van der Waals surface area contributed by atoms with Crippen molar-refractivity contribution in [3.05, 3.63) is 16.6 Å². The summed E-state index contributed by atoms with van der Waals surface area (Å²) in [4.78, 5) is 21.7. The molecule has 0 bridgehead atoms. The zero-order valence-corrected chi connectivity index (χ0v) is 13.0.